The first-order valence-corrected chi connectivity index (χ1v) is 6.35. The highest BCUT2D eigenvalue weighted by atomic mass is 16.5. The van der Waals surface area contributed by atoms with Crippen LogP contribution in [0.5, 0.6) is 0 Å². The molecule has 1 fully saturated rings. The number of anilines is 1. The maximum atomic E-state index is 11.7. The normalized spacial score (nSPS) is 20.4. The van der Waals surface area contributed by atoms with Crippen molar-refractivity contribution in [2.24, 2.45) is 0 Å². The van der Waals surface area contributed by atoms with Gasteiger partial charge in [-0.25, -0.2) is 0 Å². The Kier molecular flexibility index (Phi) is 4.89. The van der Waals surface area contributed by atoms with Gasteiger partial charge in [0.1, 0.15) is 5.76 Å². The molecule has 2 N–H and O–H groups in total. The van der Waals surface area contributed by atoms with Crippen LogP contribution in [-0.4, -0.2) is 60.0 Å². The van der Waals surface area contributed by atoms with Gasteiger partial charge in [0.15, 0.2) is 5.82 Å². The highest BCUT2D eigenvalue weighted by Crippen LogP contribution is 2.08. The van der Waals surface area contributed by atoms with Gasteiger partial charge in [-0.1, -0.05) is 5.16 Å². The van der Waals surface area contributed by atoms with E-state index < -0.39 is 0 Å². The Hall–Kier alpha value is -1.44. The van der Waals surface area contributed by atoms with E-state index in [1.807, 2.05) is 0 Å². The van der Waals surface area contributed by atoms with Gasteiger partial charge in [0.25, 0.3) is 0 Å². The first-order valence-electron chi connectivity index (χ1n) is 6.35. The number of nitrogens with one attached hydrogen (secondary N) is 1. The van der Waals surface area contributed by atoms with Gasteiger partial charge in [0.2, 0.25) is 5.91 Å². The number of ether oxygens (including phenoxy) is 1. The molecule has 0 aromatic carbocycles. The number of carbonyl (C=O) groups excluding carboxylic acids is 1. The fraction of sp³-hybridized carbons (Fsp3) is 0.667. The number of aromatic nitrogens is 1. The lowest BCUT2D eigenvalue weighted by Gasteiger charge is -2.31. The van der Waals surface area contributed by atoms with Crippen LogP contribution in [0, 0.1) is 6.92 Å². The van der Waals surface area contributed by atoms with Gasteiger partial charge in [-0.2, -0.15) is 0 Å². The molecule has 0 spiro atoms. The first-order chi connectivity index (χ1) is 9.17. The van der Waals surface area contributed by atoms with Crippen molar-refractivity contribution in [3.05, 3.63) is 11.8 Å². The van der Waals surface area contributed by atoms with Crippen molar-refractivity contribution >= 4 is 11.7 Å². The van der Waals surface area contributed by atoms with Crippen LogP contribution < -0.4 is 5.32 Å². The van der Waals surface area contributed by atoms with Gasteiger partial charge in [-0.05, 0) is 6.92 Å². The Morgan fingerprint density at radius 1 is 1.68 bits per heavy atom. The quantitative estimate of drug-likeness (QED) is 0.782. The monoisotopic (exact) mass is 269 g/mol. The van der Waals surface area contributed by atoms with Crippen LogP contribution >= 0.6 is 0 Å². The zero-order valence-corrected chi connectivity index (χ0v) is 11.0. The summed E-state index contributed by atoms with van der Waals surface area (Å²) in [5.74, 6) is 1.01. The third kappa shape index (κ3) is 4.30. The molecule has 1 aliphatic heterocycles. The molecule has 7 heteroatoms. The summed E-state index contributed by atoms with van der Waals surface area (Å²) < 4.78 is 10.2. The van der Waals surface area contributed by atoms with Crippen LogP contribution in [0.4, 0.5) is 5.82 Å². The van der Waals surface area contributed by atoms with E-state index in [2.05, 4.69) is 15.4 Å². The lowest BCUT2D eigenvalue weighted by Crippen LogP contribution is -2.44. The average molecular weight is 269 g/mol. The van der Waals surface area contributed by atoms with Crippen molar-refractivity contribution in [3.8, 4) is 0 Å². The SMILES string of the molecule is Cc1cc(NC(=O)CCN2CCOC(CO)C2)no1. The minimum atomic E-state index is -0.144. The van der Waals surface area contributed by atoms with Gasteiger partial charge in [0.05, 0.1) is 19.3 Å². The molecule has 1 aliphatic rings. The summed E-state index contributed by atoms with van der Waals surface area (Å²) in [5, 5.41) is 15.4. The molecule has 1 aromatic heterocycles. The number of morpholine rings is 1. The van der Waals surface area contributed by atoms with E-state index in [9.17, 15) is 4.79 Å². The Labute approximate surface area is 111 Å². The smallest absolute Gasteiger partial charge is 0.226 e. The first kappa shape index (κ1) is 14.0. The number of carbonyl (C=O) groups is 1. The third-order valence-electron chi connectivity index (χ3n) is 2.98. The molecular formula is C12H19N3O4. The van der Waals surface area contributed by atoms with Gasteiger partial charge in [-0.15, -0.1) is 0 Å². The number of rotatable bonds is 5. The molecule has 1 unspecified atom stereocenters. The van der Waals surface area contributed by atoms with E-state index in [4.69, 9.17) is 14.4 Å². The van der Waals surface area contributed by atoms with E-state index in [0.29, 0.717) is 37.7 Å². The molecule has 0 saturated carbocycles. The Bertz CT molecular complexity index is 421. The molecule has 1 saturated heterocycles. The molecule has 106 valence electrons. The minimum Gasteiger partial charge on any atom is -0.394 e. The largest absolute Gasteiger partial charge is 0.394 e. The van der Waals surface area contributed by atoms with Crippen LogP contribution in [0.15, 0.2) is 10.6 Å². The molecule has 7 nitrogen and oxygen atoms in total. The second kappa shape index (κ2) is 6.65. The summed E-state index contributed by atoms with van der Waals surface area (Å²) >= 11 is 0. The Balaban J connectivity index is 1.71. The molecule has 2 rings (SSSR count). The Morgan fingerprint density at radius 3 is 3.21 bits per heavy atom. The zero-order chi connectivity index (χ0) is 13.7. The lowest BCUT2D eigenvalue weighted by molar-refractivity contribution is -0.117. The van der Waals surface area contributed by atoms with Gasteiger partial charge in [-0.3, -0.25) is 9.69 Å². The van der Waals surface area contributed by atoms with Crippen molar-refractivity contribution in [2.45, 2.75) is 19.4 Å². The molecule has 1 atom stereocenters. The standard InChI is InChI=1S/C12H19N3O4/c1-9-6-11(14-19-9)13-12(17)2-3-15-4-5-18-10(7-15)8-16/h6,10,16H,2-5,7-8H2,1H3,(H,13,14,17). The molecule has 0 aliphatic carbocycles. The number of aryl methyl sites for hydroxylation is 1. The second-order valence-corrected chi connectivity index (χ2v) is 4.60. The lowest BCUT2D eigenvalue weighted by atomic mass is 10.2. The minimum absolute atomic E-state index is 0.0148. The summed E-state index contributed by atoms with van der Waals surface area (Å²) in [7, 11) is 0. The van der Waals surface area contributed by atoms with Crippen LogP contribution in [0.25, 0.3) is 0 Å². The number of nitrogens with zero attached hydrogens (tertiary/aromatic N) is 2. The maximum Gasteiger partial charge on any atom is 0.226 e. The van der Waals surface area contributed by atoms with Crippen molar-refractivity contribution in [3.63, 3.8) is 0 Å². The van der Waals surface area contributed by atoms with Crippen molar-refractivity contribution in [1.82, 2.24) is 10.1 Å². The highest BCUT2D eigenvalue weighted by Gasteiger charge is 2.20. The molecule has 0 radical (unpaired) electrons. The van der Waals surface area contributed by atoms with Gasteiger partial charge < -0.3 is 19.7 Å². The average Bonchev–Trinajstić information content (AvgIpc) is 2.82. The molecule has 1 aromatic rings. The predicted octanol–water partition coefficient (Wildman–Crippen LogP) is 0.00472. The molecular weight excluding hydrogens is 250 g/mol. The van der Waals surface area contributed by atoms with E-state index in [1.54, 1.807) is 13.0 Å². The van der Waals surface area contributed by atoms with Crippen LogP contribution in [-0.2, 0) is 9.53 Å². The third-order valence-corrected chi connectivity index (χ3v) is 2.98. The number of hydrogen-bond donors (Lipinski definition) is 2. The van der Waals surface area contributed by atoms with Crippen molar-refractivity contribution in [2.75, 3.05) is 38.2 Å². The fourth-order valence-electron chi connectivity index (χ4n) is 1.98. The number of amides is 1. The molecule has 1 amide bonds. The van der Waals surface area contributed by atoms with Crippen LogP contribution in [0.3, 0.4) is 0 Å². The predicted molar refractivity (Wildman–Crippen MR) is 67.8 cm³/mol. The highest BCUT2D eigenvalue weighted by molar-refractivity contribution is 5.89. The molecule has 0 bridgehead atoms. The van der Waals surface area contributed by atoms with E-state index in [1.165, 1.54) is 0 Å². The van der Waals surface area contributed by atoms with E-state index in [-0.39, 0.29) is 18.6 Å². The van der Waals surface area contributed by atoms with E-state index in [0.717, 1.165) is 6.54 Å². The maximum absolute atomic E-state index is 11.7. The fourth-order valence-corrected chi connectivity index (χ4v) is 1.98. The van der Waals surface area contributed by atoms with Crippen LogP contribution in [0.1, 0.15) is 12.2 Å². The topological polar surface area (TPSA) is 87.8 Å². The summed E-state index contributed by atoms with van der Waals surface area (Å²) in [4.78, 5) is 13.8. The van der Waals surface area contributed by atoms with Crippen molar-refractivity contribution in [1.29, 1.82) is 0 Å². The molecule has 19 heavy (non-hydrogen) atoms. The van der Waals surface area contributed by atoms with Gasteiger partial charge in [0, 0.05) is 32.1 Å². The summed E-state index contributed by atoms with van der Waals surface area (Å²) in [6, 6.07) is 1.68. The number of aliphatic hydroxyl groups excluding tert-OH is 1. The second-order valence-electron chi connectivity index (χ2n) is 4.60. The summed E-state index contributed by atoms with van der Waals surface area (Å²) in [5.41, 5.74) is 0. The van der Waals surface area contributed by atoms with Gasteiger partial charge >= 0.3 is 0 Å². The Morgan fingerprint density at radius 2 is 2.53 bits per heavy atom. The van der Waals surface area contributed by atoms with Crippen molar-refractivity contribution < 1.29 is 19.2 Å². The number of hydrogen-bond acceptors (Lipinski definition) is 6. The number of aliphatic hydroxyl groups is 1. The molecule has 2 heterocycles. The zero-order valence-electron chi connectivity index (χ0n) is 11.0. The summed E-state index contributed by atoms with van der Waals surface area (Å²) in [6.45, 7) is 4.46. The van der Waals surface area contributed by atoms with E-state index >= 15 is 0 Å². The van der Waals surface area contributed by atoms with Crippen LogP contribution in [0.2, 0.25) is 0 Å². The summed E-state index contributed by atoms with van der Waals surface area (Å²) in [6.07, 6.45) is 0.236.